The van der Waals surface area contributed by atoms with Crippen molar-refractivity contribution in [3.05, 3.63) is 88.7 Å². The fraction of sp³-hybridized carbons (Fsp3) is 0.120. The highest BCUT2D eigenvalue weighted by Gasteiger charge is 2.28. The van der Waals surface area contributed by atoms with E-state index in [1.165, 1.54) is 26.4 Å². The topological polar surface area (TPSA) is 71.1 Å². The average molecular weight is 416 g/mol. The first kappa shape index (κ1) is 20.2. The zero-order valence-electron chi connectivity index (χ0n) is 17.3. The van der Waals surface area contributed by atoms with E-state index in [0.29, 0.717) is 28.4 Å². The molecule has 0 aromatic heterocycles. The van der Waals surface area contributed by atoms with Crippen molar-refractivity contribution in [3.63, 3.8) is 0 Å². The molecule has 0 bridgehead atoms. The minimum absolute atomic E-state index is 0.214. The van der Waals surface area contributed by atoms with E-state index in [9.17, 15) is 9.59 Å². The van der Waals surface area contributed by atoms with E-state index in [1.54, 1.807) is 30.3 Å². The lowest BCUT2D eigenvalue weighted by molar-refractivity contribution is 0.0734. The minimum Gasteiger partial charge on any atom is -0.493 e. The molecule has 1 aliphatic rings. The highest BCUT2D eigenvalue weighted by molar-refractivity contribution is 6.14. The third-order valence-corrected chi connectivity index (χ3v) is 4.81. The maximum atomic E-state index is 12.6. The van der Waals surface area contributed by atoms with E-state index in [1.807, 2.05) is 31.2 Å². The van der Waals surface area contributed by atoms with Crippen molar-refractivity contribution in [2.75, 3.05) is 14.2 Å². The molecule has 0 atom stereocenters. The van der Waals surface area contributed by atoms with Gasteiger partial charge in [-0.3, -0.25) is 4.79 Å². The molecular formula is C25H20O6. The molecule has 6 nitrogen and oxygen atoms in total. The molecule has 31 heavy (non-hydrogen) atoms. The quantitative estimate of drug-likeness (QED) is 0.336. The Labute approximate surface area is 179 Å². The first-order valence-electron chi connectivity index (χ1n) is 9.57. The Hall–Kier alpha value is -4.06. The van der Waals surface area contributed by atoms with Crippen LogP contribution in [0.2, 0.25) is 0 Å². The van der Waals surface area contributed by atoms with E-state index in [0.717, 1.165) is 11.1 Å². The fourth-order valence-corrected chi connectivity index (χ4v) is 3.27. The molecule has 3 aromatic rings. The van der Waals surface area contributed by atoms with Gasteiger partial charge >= 0.3 is 5.97 Å². The summed E-state index contributed by atoms with van der Waals surface area (Å²) in [4.78, 5) is 25.2. The number of ketones is 1. The third kappa shape index (κ3) is 4.14. The second-order valence-electron chi connectivity index (χ2n) is 6.97. The maximum absolute atomic E-state index is 12.6. The van der Waals surface area contributed by atoms with Crippen molar-refractivity contribution in [1.29, 1.82) is 0 Å². The summed E-state index contributed by atoms with van der Waals surface area (Å²) in [5.41, 5.74) is 2.68. The molecule has 0 fully saturated rings. The number of benzene rings is 3. The van der Waals surface area contributed by atoms with Crippen LogP contribution in [0.1, 0.15) is 31.8 Å². The minimum atomic E-state index is -0.569. The van der Waals surface area contributed by atoms with Crippen molar-refractivity contribution in [1.82, 2.24) is 0 Å². The summed E-state index contributed by atoms with van der Waals surface area (Å²) >= 11 is 0. The molecule has 4 rings (SSSR count). The van der Waals surface area contributed by atoms with E-state index in [-0.39, 0.29) is 17.3 Å². The van der Waals surface area contributed by atoms with Gasteiger partial charge in [0, 0.05) is 6.07 Å². The van der Waals surface area contributed by atoms with Crippen LogP contribution in [0.15, 0.2) is 66.4 Å². The van der Waals surface area contributed by atoms with Crippen LogP contribution in [0.4, 0.5) is 0 Å². The Balaban J connectivity index is 1.54. The van der Waals surface area contributed by atoms with Crippen molar-refractivity contribution in [2.45, 2.75) is 6.92 Å². The molecule has 156 valence electrons. The Morgan fingerprint density at radius 2 is 1.74 bits per heavy atom. The Kier molecular flexibility index (Phi) is 5.45. The average Bonchev–Trinajstić information content (AvgIpc) is 3.07. The number of methoxy groups -OCH3 is 2. The molecule has 0 amide bonds. The smallest absolute Gasteiger partial charge is 0.343 e. The van der Waals surface area contributed by atoms with E-state index >= 15 is 0 Å². The SMILES string of the molecule is COc1ccc(C(=O)Oc2ccc3c(c2)OC(=Cc2cccc(C)c2)C3=O)cc1OC. The third-order valence-electron chi connectivity index (χ3n) is 4.81. The number of ether oxygens (including phenoxy) is 4. The van der Waals surface area contributed by atoms with Gasteiger partial charge in [0.15, 0.2) is 17.3 Å². The van der Waals surface area contributed by atoms with Gasteiger partial charge in [-0.15, -0.1) is 0 Å². The van der Waals surface area contributed by atoms with Gasteiger partial charge in [-0.1, -0.05) is 29.8 Å². The second-order valence-corrected chi connectivity index (χ2v) is 6.97. The van der Waals surface area contributed by atoms with Crippen LogP contribution in [-0.4, -0.2) is 26.0 Å². The first-order chi connectivity index (χ1) is 15.0. The summed E-state index contributed by atoms with van der Waals surface area (Å²) in [7, 11) is 3.01. The predicted molar refractivity (Wildman–Crippen MR) is 115 cm³/mol. The Morgan fingerprint density at radius 3 is 2.48 bits per heavy atom. The number of allylic oxidation sites excluding steroid dienone is 1. The Morgan fingerprint density at radius 1 is 0.935 bits per heavy atom. The molecule has 0 saturated heterocycles. The summed E-state index contributed by atoms with van der Waals surface area (Å²) < 4.78 is 21.6. The number of hydrogen-bond acceptors (Lipinski definition) is 6. The van der Waals surface area contributed by atoms with E-state index < -0.39 is 5.97 Å². The van der Waals surface area contributed by atoms with Gasteiger partial charge in [0.25, 0.3) is 0 Å². The maximum Gasteiger partial charge on any atom is 0.343 e. The van der Waals surface area contributed by atoms with Crippen LogP contribution in [0.3, 0.4) is 0 Å². The van der Waals surface area contributed by atoms with Crippen LogP contribution in [-0.2, 0) is 0 Å². The lowest BCUT2D eigenvalue weighted by atomic mass is 10.1. The van der Waals surface area contributed by atoms with Crippen LogP contribution in [0, 0.1) is 6.92 Å². The molecule has 6 heteroatoms. The molecule has 1 aliphatic heterocycles. The molecule has 0 unspecified atom stereocenters. The summed E-state index contributed by atoms with van der Waals surface area (Å²) in [6, 6.07) is 17.2. The van der Waals surface area contributed by atoms with Crippen molar-refractivity contribution in [3.8, 4) is 23.0 Å². The molecule has 0 radical (unpaired) electrons. The molecule has 0 N–H and O–H groups in total. The van der Waals surface area contributed by atoms with Gasteiger partial charge < -0.3 is 18.9 Å². The zero-order chi connectivity index (χ0) is 22.0. The summed E-state index contributed by atoms with van der Waals surface area (Å²) in [6.07, 6.45) is 1.70. The largest absolute Gasteiger partial charge is 0.493 e. The molecule has 1 heterocycles. The van der Waals surface area contributed by atoms with Crippen LogP contribution >= 0.6 is 0 Å². The summed E-state index contributed by atoms with van der Waals surface area (Å²) in [5, 5.41) is 0. The number of fused-ring (bicyclic) bond motifs is 1. The fourth-order valence-electron chi connectivity index (χ4n) is 3.27. The van der Waals surface area contributed by atoms with Gasteiger partial charge in [0.05, 0.1) is 25.3 Å². The number of aryl methyl sites for hydroxylation is 1. The molecule has 0 spiro atoms. The van der Waals surface area contributed by atoms with Gasteiger partial charge in [-0.25, -0.2) is 4.79 Å². The molecule has 3 aromatic carbocycles. The zero-order valence-corrected chi connectivity index (χ0v) is 17.3. The number of hydrogen-bond donors (Lipinski definition) is 0. The molecule has 0 saturated carbocycles. The lowest BCUT2D eigenvalue weighted by Crippen LogP contribution is -2.09. The standard InChI is InChI=1S/C25H20O6/c1-15-5-4-6-16(11-15)12-23-24(26)19-9-8-18(14-21(19)31-23)30-25(27)17-7-10-20(28-2)22(13-17)29-3/h4-14H,1-3H3. The van der Waals surface area contributed by atoms with Gasteiger partial charge in [0.2, 0.25) is 5.78 Å². The van der Waals surface area contributed by atoms with Crippen LogP contribution in [0.25, 0.3) is 6.08 Å². The predicted octanol–water partition coefficient (Wildman–Crippen LogP) is 4.85. The number of carbonyl (C=O) groups excluding carboxylic acids is 2. The van der Waals surface area contributed by atoms with Gasteiger partial charge in [-0.2, -0.15) is 0 Å². The van der Waals surface area contributed by atoms with Gasteiger partial charge in [0.1, 0.15) is 11.5 Å². The van der Waals surface area contributed by atoms with E-state index in [2.05, 4.69) is 0 Å². The number of Topliss-reactive ketones (excluding diaryl/α,β-unsaturated/α-hetero) is 1. The first-order valence-corrected chi connectivity index (χ1v) is 9.57. The van der Waals surface area contributed by atoms with Crippen molar-refractivity contribution >= 4 is 17.8 Å². The highest BCUT2D eigenvalue weighted by atomic mass is 16.5. The van der Waals surface area contributed by atoms with Crippen LogP contribution < -0.4 is 18.9 Å². The number of carbonyl (C=O) groups is 2. The second kappa shape index (κ2) is 8.36. The highest BCUT2D eigenvalue weighted by Crippen LogP contribution is 2.35. The monoisotopic (exact) mass is 416 g/mol. The molecular weight excluding hydrogens is 396 g/mol. The normalized spacial score (nSPS) is 13.5. The summed E-state index contributed by atoms with van der Waals surface area (Å²) in [5.74, 6) is 0.992. The summed E-state index contributed by atoms with van der Waals surface area (Å²) in [6.45, 7) is 1.98. The van der Waals surface area contributed by atoms with Gasteiger partial charge in [-0.05, 0) is 48.9 Å². The van der Waals surface area contributed by atoms with Crippen LogP contribution in [0.5, 0.6) is 23.0 Å². The lowest BCUT2D eigenvalue weighted by Gasteiger charge is -2.10. The Bertz CT molecular complexity index is 1210. The van der Waals surface area contributed by atoms with Crippen molar-refractivity contribution < 1.29 is 28.5 Å². The number of rotatable bonds is 5. The molecule has 0 aliphatic carbocycles. The van der Waals surface area contributed by atoms with E-state index in [4.69, 9.17) is 18.9 Å². The van der Waals surface area contributed by atoms with Crippen molar-refractivity contribution in [2.24, 2.45) is 0 Å². The number of esters is 1.